The fourth-order valence-electron chi connectivity index (χ4n) is 3.48. The second-order valence-electron chi connectivity index (χ2n) is 5.89. The van der Waals surface area contributed by atoms with E-state index in [2.05, 4.69) is 60.8 Å². The summed E-state index contributed by atoms with van der Waals surface area (Å²) >= 11 is 0. The Kier molecular flexibility index (Phi) is 4.37. The SMILES string of the molecule is CC[C@@H]1[C@H](O)C[C@@H](c2ccccc2)N[C@@H]1c1ccccc1. The summed E-state index contributed by atoms with van der Waals surface area (Å²) in [4.78, 5) is 0. The van der Waals surface area contributed by atoms with Crippen LogP contribution in [0, 0.1) is 5.92 Å². The molecule has 1 aliphatic rings. The molecule has 3 rings (SSSR count). The molecule has 1 heterocycles. The minimum atomic E-state index is -0.258. The van der Waals surface area contributed by atoms with Crippen molar-refractivity contribution < 1.29 is 5.11 Å². The molecule has 110 valence electrons. The molecule has 0 amide bonds. The van der Waals surface area contributed by atoms with Gasteiger partial charge in [0, 0.05) is 18.0 Å². The Labute approximate surface area is 126 Å². The maximum Gasteiger partial charge on any atom is 0.0604 e. The summed E-state index contributed by atoms with van der Waals surface area (Å²) in [6.07, 6.45) is 1.51. The third-order valence-corrected chi connectivity index (χ3v) is 4.61. The molecule has 0 aromatic heterocycles. The van der Waals surface area contributed by atoms with Crippen LogP contribution in [0.5, 0.6) is 0 Å². The first-order valence-electron chi connectivity index (χ1n) is 7.83. The molecule has 21 heavy (non-hydrogen) atoms. The van der Waals surface area contributed by atoms with Gasteiger partial charge < -0.3 is 10.4 Å². The van der Waals surface area contributed by atoms with E-state index in [4.69, 9.17) is 0 Å². The third-order valence-electron chi connectivity index (χ3n) is 4.61. The Morgan fingerprint density at radius 3 is 2.10 bits per heavy atom. The molecule has 0 unspecified atom stereocenters. The summed E-state index contributed by atoms with van der Waals surface area (Å²) in [5, 5.41) is 14.3. The molecule has 1 fully saturated rings. The molecule has 0 bridgehead atoms. The highest BCUT2D eigenvalue weighted by Crippen LogP contribution is 2.38. The zero-order chi connectivity index (χ0) is 14.7. The Hall–Kier alpha value is -1.64. The van der Waals surface area contributed by atoms with E-state index in [-0.39, 0.29) is 24.1 Å². The van der Waals surface area contributed by atoms with Crippen LogP contribution >= 0.6 is 0 Å². The van der Waals surface area contributed by atoms with Crippen LogP contribution in [0.3, 0.4) is 0 Å². The van der Waals surface area contributed by atoms with E-state index in [9.17, 15) is 5.11 Å². The van der Waals surface area contributed by atoms with Gasteiger partial charge in [-0.05, 0) is 24.0 Å². The number of hydrogen-bond donors (Lipinski definition) is 2. The van der Waals surface area contributed by atoms with Crippen LogP contribution in [0.1, 0.15) is 43.0 Å². The van der Waals surface area contributed by atoms with Crippen LogP contribution in [0.2, 0.25) is 0 Å². The highest BCUT2D eigenvalue weighted by Gasteiger charge is 2.36. The van der Waals surface area contributed by atoms with Crippen molar-refractivity contribution in [3.63, 3.8) is 0 Å². The maximum atomic E-state index is 10.6. The van der Waals surface area contributed by atoms with Gasteiger partial charge in [0.25, 0.3) is 0 Å². The number of benzene rings is 2. The largest absolute Gasteiger partial charge is 0.393 e. The van der Waals surface area contributed by atoms with Gasteiger partial charge in [-0.2, -0.15) is 0 Å². The number of hydrogen-bond acceptors (Lipinski definition) is 2. The monoisotopic (exact) mass is 281 g/mol. The van der Waals surface area contributed by atoms with Gasteiger partial charge in [-0.3, -0.25) is 0 Å². The number of nitrogens with one attached hydrogen (secondary N) is 1. The van der Waals surface area contributed by atoms with Gasteiger partial charge in [0.15, 0.2) is 0 Å². The Morgan fingerprint density at radius 2 is 1.52 bits per heavy atom. The van der Waals surface area contributed by atoms with Gasteiger partial charge in [-0.1, -0.05) is 67.6 Å². The number of aliphatic hydroxyl groups is 1. The first-order valence-corrected chi connectivity index (χ1v) is 7.83. The Morgan fingerprint density at radius 1 is 0.952 bits per heavy atom. The van der Waals surface area contributed by atoms with Gasteiger partial charge >= 0.3 is 0 Å². The van der Waals surface area contributed by atoms with Crippen LogP contribution in [0.25, 0.3) is 0 Å². The number of rotatable bonds is 3. The second kappa shape index (κ2) is 6.42. The van der Waals surface area contributed by atoms with Crippen LogP contribution in [-0.2, 0) is 0 Å². The normalized spacial score (nSPS) is 29.2. The molecular weight excluding hydrogens is 258 g/mol. The lowest BCUT2D eigenvalue weighted by molar-refractivity contribution is 0.0290. The topological polar surface area (TPSA) is 32.3 Å². The highest BCUT2D eigenvalue weighted by atomic mass is 16.3. The smallest absolute Gasteiger partial charge is 0.0604 e. The zero-order valence-corrected chi connectivity index (χ0v) is 12.4. The molecule has 2 aromatic carbocycles. The number of aliphatic hydroxyl groups excluding tert-OH is 1. The van der Waals surface area contributed by atoms with E-state index in [0.717, 1.165) is 12.8 Å². The lowest BCUT2D eigenvalue weighted by Crippen LogP contribution is -2.44. The van der Waals surface area contributed by atoms with E-state index >= 15 is 0 Å². The summed E-state index contributed by atoms with van der Waals surface area (Å²) in [6.45, 7) is 2.16. The molecule has 4 atom stereocenters. The van der Waals surface area contributed by atoms with Crippen molar-refractivity contribution in [2.75, 3.05) is 0 Å². The quantitative estimate of drug-likeness (QED) is 0.895. The zero-order valence-electron chi connectivity index (χ0n) is 12.4. The van der Waals surface area contributed by atoms with Crippen molar-refractivity contribution >= 4 is 0 Å². The first-order chi connectivity index (χ1) is 10.3. The lowest BCUT2D eigenvalue weighted by atomic mass is 9.78. The van der Waals surface area contributed by atoms with Gasteiger partial charge in [0.05, 0.1) is 6.10 Å². The standard InChI is InChI=1S/C19H23NO/c1-2-16-18(21)13-17(14-9-5-3-6-10-14)20-19(16)15-11-7-4-8-12-15/h3-12,16-21H,2,13H2,1H3/t16-,17+,18-,19-/m1/s1. The van der Waals surface area contributed by atoms with Gasteiger partial charge in [-0.15, -0.1) is 0 Å². The van der Waals surface area contributed by atoms with E-state index in [1.54, 1.807) is 0 Å². The van der Waals surface area contributed by atoms with Crippen molar-refractivity contribution in [1.82, 2.24) is 5.32 Å². The van der Waals surface area contributed by atoms with Gasteiger partial charge in [0.2, 0.25) is 0 Å². The predicted molar refractivity (Wildman–Crippen MR) is 85.9 cm³/mol. The van der Waals surface area contributed by atoms with Crippen molar-refractivity contribution in [2.24, 2.45) is 5.92 Å². The van der Waals surface area contributed by atoms with Crippen LogP contribution in [0.4, 0.5) is 0 Å². The summed E-state index contributed by atoms with van der Waals surface area (Å²) in [5.74, 6) is 0.271. The van der Waals surface area contributed by atoms with E-state index < -0.39 is 0 Å². The molecule has 0 radical (unpaired) electrons. The summed E-state index contributed by atoms with van der Waals surface area (Å²) in [5.41, 5.74) is 2.52. The molecule has 2 N–H and O–H groups in total. The second-order valence-corrected chi connectivity index (χ2v) is 5.89. The molecule has 2 aromatic rings. The predicted octanol–water partition coefficient (Wildman–Crippen LogP) is 3.85. The van der Waals surface area contributed by atoms with Crippen molar-refractivity contribution in [1.29, 1.82) is 0 Å². The summed E-state index contributed by atoms with van der Waals surface area (Å²) in [6, 6.07) is 21.4. The van der Waals surface area contributed by atoms with E-state index in [0.29, 0.717) is 0 Å². The third kappa shape index (κ3) is 3.02. The maximum absolute atomic E-state index is 10.6. The average Bonchev–Trinajstić information content (AvgIpc) is 2.55. The van der Waals surface area contributed by atoms with Gasteiger partial charge in [-0.25, -0.2) is 0 Å². The molecule has 1 aliphatic heterocycles. The summed E-state index contributed by atoms with van der Waals surface area (Å²) in [7, 11) is 0. The minimum absolute atomic E-state index is 0.213. The van der Waals surface area contributed by atoms with Gasteiger partial charge in [0.1, 0.15) is 0 Å². The first kappa shape index (κ1) is 14.3. The van der Waals surface area contributed by atoms with E-state index in [1.807, 2.05) is 12.1 Å². The summed E-state index contributed by atoms with van der Waals surface area (Å²) < 4.78 is 0. The van der Waals surface area contributed by atoms with Crippen LogP contribution in [-0.4, -0.2) is 11.2 Å². The highest BCUT2D eigenvalue weighted by molar-refractivity contribution is 5.25. The Bertz CT molecular complexity index is 554. The molecule has 1 saturated heterocycles. The number of piperidine rings is 1. The fraction of sp³-hybridized carbons (Fsp3) is 0.368. The molecular formula is C19H23NO. The molecule has 0 aliphatic carbocycles. The van der Waals surface area contributed by atoms with E-state index in [1.165, 1.54) is 11.1 Å². The van der Waals surface area contributed by atoms with Crippen LogP contribution in [0.15, 0.2) is 60.7 Å². The average molecular weight is 281 g/mol. The van der Waals surface area contributed by atoms with Crippen molar-refractivity contribution in [3.8, 4) is 0 Å². The molecule has 2 nitrogen and oxygen atoms in total. The lowest BCUT2D eigenvalue weighted by Gasteiger charge is -2.41. The molecule has 0 spiro atoms. The van der Waals surface area contributed by atoms with Crippen molar-refractivity contribution in [3.05, 3.63) is 71.8 Å². The minimum Gasteiger partial charge on any atom is -0.393 e. The van der Waals surface area contributed by atoms with Crippen molar-refractivity contribution in [2.45, 2.75) is 38.0 Å². The van der Waals surface area contributed by atoms with Crippen LogP contribution < -0.4 is 5.32 Å². The molecule has 0 saturated carbocycles. The fourth-order valence-corrected chi connectivity index (χ4v) is 3.48. The molecule has 2 heteroatoms. The Balaban J connectivity index is 1.89.